The van der Waals surface area contributed by atoms with E-state index in [1.165, 1.54) is 13.8 Å². The van der Waals surface area contributed by atoms with E-state index in [0.717, 1.165) is 9.69 Å². The summed E-state index contributed by atoms with van der Waals surface area (Å²) >= 11 is -2.59. The van der Waals surface area contributed by atoms with Crippen LogP contribution in [0.2, 0.25) is 0 Å². The number of carbonyl (C=O) groups is 1. The predicted octanol–water partition coefficient (Wildman–Crippen LogP) is 4.10. The van der Waals surface area contributed by atoms with Crippen LogP contribution in [0.1, 0.15) is 13.8 Å². The molecule has 0 saturated heterocycles. The molecule has 3 rings (SSSR count). The lowest BCUT2D eigenvalue weighted by atomic mass is 10.0. The molecule has 3 aromatic carbocycles. The van der Waals surface area contributed by atoms with E-state index >= 15 is 0 Å². The standard InChI is InChI=1S/C22H23NO6S/c1-22(2,21(24)25)23(30(26)27)19-13-12-16-8-6-7-11-18(16)20(19)29-15-14-28-17-9-4-3-5-10-17/h3-13H,14-15H2,1-2H3,(H,24,25)(H,26,27). The fourth-order valence-corrected chi connectivity index (χ4v) is 3.81. The second kappa shape index (κ2) is 9.15. The van der Waals surface area contributed by atoms with Gasteiger partial charge in [-0.05, 0) is 37.4 Å². The SMILES string of the molecule is CC(C)(C(=O)O)N(c1ccc2ccccc2c1OCCOc1ccccc1)S(=O)O. The van der Waals surface area contributed by atoms with Crippen molar-refractivity contribution in [3.8, 4) is 11.5 Å². The van der Waals surface area contributed by atoms with Gasteiger partial charge in [-0.2, -0.15) is 0 Å². The predicted molar refractivity (Wildman–Crippen MR) is 116 cm³/mol. The molecular weight excluding hydrogens is 406 g/mol. The zero-order valence-corrected chi connectivity index (χ0v) is 17.5. The van der Waals surface area contributed by atoms with Crippen LogP contribution in [0, 0.1) is 0 Å². The molecule has 7 nitrogen and oxygen atoms in total. The van der Waals surface area contributed by atoms with Crippen LogP contribution in [0.5, 0.6) is 11.5 Å². The van der Waals surface area contributed by atoms with Crippen LogP contribution in [-0.4, -0.2) is 38.6 Å². The highest BCUT2D eigenvalue weighted by Crippen LogP contribution is 2.40. The average molecular weight is 429 g/mol. The summed E-state index contributed by atoms with van der Waals surface area (Å²) < 4.78 is 34.6. The van der Waals surface area contributed by atoms with Crippen molar-refractivity contribution in [2.24, 2.45) is 0 Å². The number of carboxylic acid groups (broad SMARTS) is 1. The number of ether oxygens (including phenoxy) is 2. The molecule has 158 valence electrons. The molecule has 0 amide bonds. The Morgan fingerprint density at radius 1 is 0.967 bits per heavy atom. The molecule has 0 spiro atoms. The zero-order chi connectivity index (χ0) is 21.7. The van der Waals surface area contributed by atoms with Gasteiger partial charge in [0.1, 0.15) is 24.5 Å². The van der Waals surface area contributed by atoms with Crippen molar-refractivity contribution < 1.29 is 28.1 Å². The molecule has 1 unspecified atom stereocenters. The molecule has 1 atom stereocenters. The fraction of sp³-hybridized carbons (Fsp3) is 0.227. The second-order valence-electron chi connectivity index (χ2n) is 7.03. The highest BCUT2D eigenvalue weighted by atomic mass is 32.2. The first-order valence-corrected chi connectivity index (χ1v) is 10.4. The Morgan fingerprint density at radius 3 is 2.27 bits per heavy atom. The van der Waals surface area contributed by atoms with Crippen molar-refractivity contribution in [3.05, 3.63) is 66.7 Å². The van der Waals surface area contributed by atoms with Gasteiger partial charge in [0.05, 0.1) is 5.69 Å². The van der Waals surface area contributed by atoms with Crippen LogP contribution < -0.4 is 13.8 Å². The first-order chi connectivity index (χ1) is 14.3. The quantitative estimate of drug-likeness (QED) is 0.393. The molecule has 0 aliphatic carbocycles. The van der Waals surface area contributed by atoms with Crippen molar-refractivity contribution in [1.82, 2.24) is 0 Å². The summed E-state index contributed by atoms with van der Waals surface area (Å²) in [4.78, 5) is 11.8. The number of hydrogen-bond acceptors (Lipinski definition) is 4. The van der Waals surface area contributed by atoms with E-state index in [1.54, 1.807) is 12.1 Å². The summed E-state index contributed by atoms with van der Waals surface area (Å²) in [6, 6.07) is 20.0. The fourth-order valence-electron chi connectivity index (χ4n) is 3.03. The normalized spacial score (nSPS) is 12.4. The van der Waals surface area contributed by atoms with Crippen LogP contribution in [0.25, 0.3) is 10.8 Å². The smallest absolute Gasteiger partial charge is 0.330 e. The number of para-hydroxylation sites is 1. The summed E-state index contributed by atoms with van der Waals surface area (Å²) in [6.45, 7) is 3.13. The van der Waals surface area contributed by atoms with E-state index in [2.05, 4.69) is 0 Å². The molecule has 8 heteroatoms. The van der Waals surface area contributed by atoms with E-state index in [-0.39, 0.29) is 18.9 Å². The molecule has 0 aliphatic heterocycles. The molecular formula is C22H23NO6S. The first-order valence-electron chi connectivity index (χ1n) is 9.29. The van der Waals surface area contributed by atoms with Crippen molar-refractivity contribution >= 4 is 33.7 Å². The number of benzene rings is 3. The van der Waals surface area contributed by atoms with Crippen molar-refractivity contribution in [3.63, 3.8) is 0 Å². The first kappa shape index (κ1) is 21.6. The van der Waals surface area contributed by atoms with Gasteiger partial charge in [0.2, 0.25) is 0 Å². The highest BCUT2D eigenvalue weighted by Gasteiger charge is 2.40. The Morgan fingerprint density at radius 2 is 1.60 bits per heavy atom. The summed E-state index contributed by atoms with van der Waals surface area (Å²) in [5.74, 6) is -0.220. The summed E-state index contributed by atoms with van der Waals surface area (Å²) in [5, 5.41) is 11.2. The van der Waals surface area contributed by atoms with Gasteiger partial charge in [-0.1, -0.05) is 48.5 Å². The Bertz CT molecular complexity index is 1050. The maximum atomic E-state index is 12.1. The summed E-state index contributed by atoms with van der Waals surface area (Å²) in [6.07, 6.45) is 0. The van der Waals surface area contributed by atoms with Crippen LogP contribution in [0.4, 0.5) is 5.69 Å². The molecule has 0 radical (unpaired) electrons. The number of carboxylic acids is 1. The number of anilines is 1. The number of rotatable bonds is 9. The Kier molecular flexibility index (Phi) is 6.59. The molecule has 0 aromatic heterocycles. The third kappa shape index (κ3) is 4.55. The maximum absolute atomic E-state index is 12.1. The lowest BCUT2D eigenvalue weighted by Crippen LogP contribution is -2.51. The van der Waals surface area contributed by atoms with Gasteiger partial charge in [0.15, 0.2) is 5.75 Å². The topological polar surface area (TPSA) is 96.3 Å². The molecule has 0 aliphatic rings. The molecule has 3 aromatic rings. The van der Waals surface area contributed by atoms with Gasteiger partial charge >= 0.3 is 5.97 Å². The van der Waals surface area contributed by atoms with E-state index in [0.29, 0.717) is 16.9 Å². The minimum Gasteiger partial charge on any atom is -0.490 e. The van der Waals surface area contributed by atoms with Gasteiger partial charge in [-0.25, -0.2) is 13.3 Å². The van der Waals surface area contributed by atoms with Gasteiger partial charge in [-0.3, -0.25) is 4.55 Å². The van der Waals surface area contributed by atoms with Crippen LogP contribution >= 0.6 is 0 Å². The van der Waals surface area contributed by atoms with Crippen molar-refractivity contribution in [2.45, 2.75) is 19.4 Å². The molecule has 0 saturated carbocycles. The second-order valence-corrected chi connectivity index (χ2v) is 7.86. The van der Waals surface area contributed by atoms with E-state index in [1.807, 2.05) is 54.6 Å². The third-order valence-electron chi connectivity index (χ3n) is 4.61. The monoisotopic (exact) mass is 429 g/mol. The largest absolute Gasteiger partial charge is 0.490 e. The van der Waals surface area contributed by atoms with Crippen LogP contribution in [0.3, 0.4) is 0 Å². The molecule has 2 N–H and O–H groups in total. The maximum Gasteiger partial charge on any atom is 0.330 e. The number of hydrogen-bond donors (Lipinski definition) is 2. The number of aliphatic carboxylic acids is 1. The Labute approximate surface area is 177 Å². The van der Waals surface area contributed by atoms with Gasteiger partial charge in [0, 0.05) is 5.39 Å². The Hall–Kier alpha value is -3.10. The van der Waals surface area contributed by atoms with Gasteiger partial charge < -0.3 is 14.6 Å². The minimum absolute atomic E-state index is 0.162. The van der Waals surface area contributed by atoms with Gasteiger partial charge in [-0.15, -0.1) is 0 Å². The number of fused-ring (bicyclic) bond motifs is 1. The Balaban J connectivity index is 1.96. The average Bonchev–Trinajstić information content (AvgIpc) is 2.72. The zero-order valence-electron chi connectivity index (χ0n) is 16.6. The molecule has 0 fully saturated rings. The van der Waals surface area contributed by atoms with E-state index in [4.69, 9.17) is 9.47 Å². The van der Waals surface area contributed by atoms with Crippen LogP contribution in [-0.2, 0) is 16.1 Å². The summed E-state index contributed by atoms with van der Waals surface area (Å²) in [7, 11) is 0. The van der Waals surface area contributed by atoms with Crippen molar-refractivity contribution in [2.75, 3.05) is 17.5 Å². The van der Waals surface area contributed by atoms with Crippen LogP contribution in [0.15, 0.2) is 66.7 Å². The highest BCUT2D eigenvalue weighted by molar-refractivity contribution is 7.80. The minimum atomic E-state index is -2.59. The third-order valence-corrected chi connectivity index (χ3v) is 5.57. The molecule has 0 heterocycles. The van der Waals surface area contributed by atoms with E-state index < -0.39 is 22.8 Å². The number of nitrogens with zero attached hydrogens (tertiary/aromatic N) is 1. The lowest BCUT2D eigenvalue weighted by molar-refractivity contribution is -0.141. The molecule has 0 bridgehead atoms. The van der Waals surface area contributed by atoms with Crippen molar-refractivity contribution in [1.29, 1.82) is 0 Å². The summed E-state index contributed by atoms with van der Waals surface area (Å²) in [5.41, 5.74) is -1.44. The van der Waals surface area contributed by atoms with Gasteiger partial charge in [0.25, 0.3) is 11.3 Å². The molecule has 30 heavy (non-hydrogen) atoms. The lowest BCUT2D eigenvalue weighted by Gasteiger charge is -2.34. The van der Waals surface area contributed by atoms with E-state index in [9.17, 15) is 18.7 Å².